The van der Waals surface area contributed by atoms with Gasteiger partial charge >= 0.3 is 0 Å². The van der Waals surface area contributed by atoms with E-state index in [0.717, 1.165) is 5.39 Å². The van der Waals surface area contributed by atoms with Crippen molar-refractivity contribution in [3.63, 3.8) is 0 Å². The summed E-state index contributed by atoms with van der Waals surface area (Å²) in [4.78, 5) is 15.0. The van der Waals surface area contributed by atoms with Crippen LogP contribution in [0.4, 0.5) is 0 Å². The highest BCUT2D eigenvalue weighted by Gasteiger charge is 2.12. The number of rotatable bonds is 3. The monoisotopic (exact) mass is 251 g/mol. The third-order valence-electron chi connectivity index (χ3n) is 2.51. The lowest BCUT2D eigenvalue weighted by molar-refractivity contribution is 0.112. The van der Waals surface area contributed by atoms with Crippen LogP contribution in [0.15, 0.2) is 18.3 Å². The Labute approximate surface area is 103 Å². The minimum Gasteiger partial charge on any atom is -0.497 e. The first-order chi connectivity index (χ1) is 8.21. The number of carbonyl (C=O) groups is 1. The Bertz CT molecular complexity index is 583. The summed E-state index contributed by atoms with van der Waals surface area (Å²) in [5.41, 5.74) is 0.335. The molecule has 0 fully saturated rings. The molecular weight excluding hydrogens is 242 g/mol. The molecule has 0 atom stereocenters. The van der Waals surface area contributed by atoms with Crippen molar-refractivity contribution in [2.45, 2.75) is 0 Å². The predicted molar refractivity (Wildman–Crippen MR) is 65.2 cm³/mol. The molecule has 1 aromatic carbocycles. The van der Waals surface area contributed by atoms with Gasteiger partial charge in [-0.1, -0.05) is 11.6 Å². The Morgan fingerprint density at radius 1 is 1.24 bits per heavy atom. The zero-order chi connectivity index (χ0) is 12.4. The van der Waals surface area contributed by atoms with Crippen LogP contribution in [-0.2, 0) is 0 Å². The van der Waals surface area contributed by atoms with Crippen molar-refractivity contribution in [2.24, 2.45) is 0 Å². The lowest BCUT2D eigenvalue weighted by Crippen LogP contribution is -1.94. The van der Waals surface area contributed by atoms with Gasteiger partial charge in [0, 0.05) is 23.0 Å². The fraction of sp³-hybridized carbons (Fsp3) is 0.167. The van der Waals surface area contributed by atoms with Crippen molar-refractivity contribution in [2.75, 3.05) is 14.2 Å². The van der Waals surface area contributed by atoms with Gasteiger partial charge in [0.2, 0.25) is 0 Å². The van der Waals surface area contributed by atoms with E-state index in [9.17, 15) is 4.79 Å². The van der Waals surface area contributed by atoms with Gasteiger partial charge in [-0.05, 0) is 6.07 Å². The summed E-state index contributed by atoms with van der Waals surface area (Å²) in [6.07, 6.45) is 2.25. The molecular formula is C12H10ClNO3. The van der Waals surface area contributed by atoms with Crippen molar-refractivity contribution in [1.82, 2.24) is 4.98 Å². The molecule has 0 amide bonds. The number of benzene rings is 1. The van der Waals surface area contributed by atoms with E-state index in [-0.39, 0.29) is 5.15 Å². The zero-order valence-electron chi connectivity index (χ0n) is 9.36. The van der Waals surface area contributed by atoms with E-state index in [1.807, 2.05) is 0 Å². The summed E-state index contributed by atoms with van der Waals surface area (Å²) < 4.78 is 10.4. The Morgan fingerprint density at radius 3 is 2.59 bits per heavy atom. The zero-order valence-corrected chi connectivity index (χ0v) is 10.1. The average Bonchev–Trinajstić information content (AvgIpc) is 2.37. The lowest BCUT2D eigenvalue weighted by Gasteiger charge is -2.10. The van der Waals surface area contributed by atoms with Gasteiger partial charge in [-0.25, -0.2) is 4.98 Å². The number of methoxy groups -OCH3 is 2. The van der Waals surface area contributed by atoms with Crippen LogP contribution < -0.4 is 9.47 Å². The highest BCUT2D eigenvalue weighted by molar-refractivity contribution is 6.33. The number of hydrogen-bond acceptors (Lipinski definition) is 4. The van der Waals surface area contributed by atoms with Gasteiger partial charge in [-0.15, -0.1) is 0 Å². The molecule has 0 N–H and O–H groups in total. The van der Waals surface area contributed by atoms with Gasteiger partial charge in [0.15, 0.2) is 6.29 Å². The lowest BCUT2D eigenvalue weighted by atomic mass is 10.1. The normalized spacial score (nSPS) is 10.3. The highest BCUT2D eigenvalue weighted by atomic mass is 35.5. The molecule has 1 heterocycles. The predicted octanol–water partition coefficient (Wildman–Crippen LogP) is 2.72. The fourth-order valence-corrected chi connectivity index (χ4v) is 1.85. The molecule has 0 aliphatic rings. The second-order valence-electron chi connectivity index (χ2n) is 3.37. The van der Waals surface area contributed by atoms with Crippen LogP contribution in [0, 0.1) is 0 Å². The third kappa shape index (κ3) is 1.91. The smallest absolute Gasteiger partial charge is 0.153 e. The molecule has 2 rings (SSSR count). The van der Waals surface area contributed by atoms with Gasteiger partial charge in [0.05, 0.1) is 19.8 Å². The molecule has 2 aromatic rings. The number of hydrogen-bond donors (Lipinski definition) is 0. The molecule has 0 saturated heterocycles. The van der Waals surface area contributed by atoms with Crippen molar-refractivity contribution in [3.05, 3.63) is 29.0 Å². The van der Waals surface area contributed by atoms with Gasteiger partial charge in [-0.2, -0.15) is 0 Å². The number of aromatic nitrogens is 1. The van der Waals surface area contributed by atoms with E-state index < -0.39 is 0 Å². The molecule has 0 aliphatic heterocycles. The summed E-state index contributed by atoms with van der Waals surface area (Å²) in [6, 6.07) is 3.46. The van der Waals surface area contributed by atoms with Gasteiger partial charge < -0.3 is 9.47 Å². The van der Waals surface area contributed by atoms with E-state index in [1.165, 1.54) is 0 Å². The number of nitrogens with zero attached hydrogens (tertiary/aromatic N) is 1. The summed E-state index contributed by atoms with van der Waals surface area (Å²) >= 11 is 5.87. The maximum atomic E-state index is 11.0. The van der Waals surface area contributed by atoms with Crippen LogP contribution >= 0.6 is 11.6 Å². The van der Waals surface area contributed by atoms with Gasteiger partial charge in [0.1, 0.15) is 16.7 Å². The molecule has 1 aromatic heterocycles. The van der Waals surface area contributed by atoms with Crippen LogP contribution in [0.1, 0.15) is 10.4 Å². The van der Waals surface area contributed by atoms with Crippen molar-refractivity contribution < 1.29 is 14.3 Å². The number of halogens is 1. The van der Waals surface area contributed by atoms with Crippen LogP contribution in [0.25, 0.3) is 10.8 Å². The molecule has 0 saturated carbocycles. The quantitative estimate of drug-likeness (QED) is 0.622. The molecule has 88 valence electrons. The maximum Gasteiger partial charge on any atom is 0.153 e. The summed E-state index contributed by atoms with van der Waals surface area (Å²) in [5.74, 6) is 1.19. The Morgan fingerprint density at radius 2 is 2.00 bits per heavy atom. The minimum absolute atomic E-state index is 0.169. The summed E-state index contributed by atoms with van der Waals surface area (Å²) in [7, 11) is 3.09. The first-order valence-corrected chi connectivity index (χ1v) is 5.24. The third-order valence-corrected chi connectivity index (χ3v) is 2.81. The summed E-state index contributed by atoms with van der Waals surface area (Å²) in [6.45, 7) is 0. The van der Waals surface area contributed by atoms with Crippen molar-refractivity contribution in [1.29, 1.82) is 0 Å². The van der Waals surface area contributed by atoms with E-state index in [0.29, 0.717) is 28.7 Å². The topological polar surface area (TPSA) is 48.4 Å². The Kier molecular flexibility index (Phi) is 3.15. The van der Waals surface area contributed by atoms with E-state index in [1.54, 1.807) is 32.5 Å². The fourth-order valence-electron chi connectivity index (χ4n) is 1.66. The molecule has 0 unspecified atom stereocenters. The molecule has 4 nitrogen and oxygen atoms in total. The van der Waals surface area contributed by atoms with Crippen LogP contribution in [0.2, 0.25) is 5.15 Å². The van der Waals surface area contributed by atoms with Gasteiger partial charge in [0.25, 0.3) is 0 Å². The summed E-state index contributed by atoms with van der Waals surface area (Å²) in [5, 5.41) is 1.55. The largest absolute Gasteiger partial charge is 0.497 e. The second kappa shape index (κ2) is 4.59. The molecule has 5 heteroatoms. The molecule has 0 spiro atoms. The van der Waals surface area contributed by atoms with Gasteiger partial charge in [-0.3, -0.25) is 4.79 Å². The van der Waals surface area contributed by atoms with Crippen LogP contribution in [-0.4, -0.2) is 25.5 Å². The SMILES string of the molecule is COc1cc(OC)c2cnc(Cl)c(C=O)c2c1. The van der Waals surface area contributed by atoms with E-state index in [2.05, 4.69) is 4.98 Å². The Hall–Kier alpha value is -1.81. The number of aldehydes is 1. The first-order valence-electron chi connectivity index (χ1n) is 4.86. The molecule has 0 radical (unpaired) electrons. The number of pyridine rings is 1. The maximum absolute atomic E-state index is 11.0. The minimum atomic E-state index is 0.169. The van der Waals surface area contributed by atoms with Crippen molar-refractivity contribution in [3.8, 4) is 11.5 Å². The standard InChI is InChI=1S/C12H10ClNO3/c1-16-7-3-8-9(11(4-7)17-2)5-14-12(13)10(8)6-15/h3-6H,1-2H3. The van der Waals surface area contributed by atoms with Crippen molar-refractivity contribution >= 4 is 28.7 Å². The number of carbonyl (C=O) groups excluding carboxylic acids is 1. The molecule has 17 heavy (non-hydrogen) atoms. The first kappa shape index (κ1) is 11.7. The van der Waals surface area contributed by atoms with Crippen LogP contribution in [0.5, 0.6) is 11.5 Å². The second-order valence-corrected chi connectivity index (χ2v) is 3.73. The average molecular weight is 252 g/mol. The molecule has 0 aliphatic carbocycles. The Balaban J connectivity index is 2.88. The van der Waals surface area contributed by atoms with E-state index in [4.69, 9.17) is 21.1 Å². The number of ether oxygens (including phenoxy) is 2. The van der Waals surface area contributed by atoms with Crippen LogP contribution in [0.3, 0.4) is 0 Å². The van der Waals surface area contributed by atoms with E-state index >= 15 is 0 Å². The highest BCUT2D eigenvalue weighted by Crippen LogP contribution is 2.33. The molecule has 0 bridgehead atoms. The number of fused-ring (bicyclic) bond motifs is 1.